The van der Waals surface area contributed by atoms with Gasteiger partial charge in [0.05, 0.1) is 22.5 Å². The van der Waals surface area contributed by atoms with Gasteiger partial charge in [0.2, 0.25) is 0 Å². The fraction of sp³-hybridized carbons (Fsp3) is 0.786. The van der Waals surface area contributed by atoms with Gasteiger partial charge in [0.1, 0.15) is 0 Å². The molecule has 0 radical (unpaired) electrons. The van der Waals surface area contributed by atoms with Crippen molar-refractivity contribution < 1.29 is 4.74 Å². The maximum atomic E-state index is 6.45. The fourth-order valence-electron chi connectivity index (χ4n) is 2.46. The fourth-order valence-corrected chi connectivity index (χ4v) is 2.80. The molecule has 2 unspecified atom stereocenters. The lowest BCUT2D eigenvalue weighted by Crippen LogP contribution is -2.40. The molecule has 0 aliphatic rings. The lowest BCUT2D eigenvalue weighted by atomic mass is 10.0. The second kappa shape index (κ2) is 7.88. The van der Waals surface area contributed by atoms with E-state index in [0.717, 1.165) is 42.2 Å². The van der Waals surface area contributed by atoms with E-state index < -0.39 is 0 Å². The third kappa shape index (κ3) is 3.71. The molecule has 2 atom stereocenters. The summed E-state index contributed by atoms with van der Waals surface area (Å²) in [4.78, 5) is 0. The Balaban J connectivity index is 2.98. The zero-order valence-electron chi connectivity index (χ0n) is 12.7. The van der Waals surface area contributed by atoms with Gasteiger partial charge in [0.25, 0.3) is 0 Å². The van der Waals surface area contributed by atoms with Crippen LogP contribution in [-0.4, -0.2) is 36.1 Å². The van der Waals surface area contributed by atoms with E-state index in [9.17, 15) is 0 Å². The number of nitrogens with zero attached hydrogens (tertiary/aromatic N) is 2. The summed E-state index contributed by atoms with van der Waals surface area (Å²) < 4.78 is 7.54. The van der Waals surface area contributed by atoms with E-state index in [0.29, 0.717) is 0 Å². The lowest BCUT2D eigenvalue weighted by molar-refractivity contribution is 0.0672. The van der Waals surface area contributed by atoms with E-state index in [-0.39, 0.29) is 12.1 Å². The van der Waals surface area contributed by atoms with Crippen LogP contribution in [0.2, 0.25) is 5.02 Å². The Labute approximate surface area is 121 Å². The van der Waals surface area contributed by atoms with E-state index in [1.165, 1.54) is 0 Å². The Morgan fingerprint density at radius 3 is 2.47 bits per heavy atom. The van der Waals surface area contributed by atoms with Crippen molar-refractivity contribution in [2.45, 2.75) is 58.7 Å². The first kappa shape index (κ1) is 16.5. The largest absolute Gasteiger partial charge is 0.380 e. The predicted octanol–water partition coefficient (Wildman–Crippen LogP) is 2.67. The summed E-state index contributed by atoms with van der Waals surface area (Å²) in [5, 5.41) is 8.71. The molecule has 1 rings (SSSR count). The number of rotatable bonds is 8. The zero-order valence-corrected chi connectivity index (χ0v) is 13.4. The van der Waals surface area contributed by atoms with Crippen LogP contribution in [0.1, 0.15) is 38.6 Å². The average molecular weight is 288 g/mol. The monoisotopic (exact) mass is 287 g/mol. The molecule has 0 spiro atoms. The van der Waals surface area contributed by atoms with Gasteiger partial charge in [-0.3, -0.25) is 4.68 Å². The Morgan fingerprint density at radius 1 is 1.37 bits per heavy atom. The van der Waals surface area contributed by atoms with Gasteiger partial charge in [0, 0.05) is 26.1 Å². The van der Waals surface area contributed by atoms with Gasteiger partial charge < -0.3 is 10.1 Å². The zero-order chi connectivity index (χ0) is 14.4. The van der Waals surface area contributed by atoms with Gasteiger partial charge >= 0.3 is 0 Å². The summed E-state index contributed by atoms with van der Waals surface area (Å²) in [5.41, 5.74) is 2.09. The van der Waals surface area contributed by atoms with Crippen LogP contribution >= 0.6 is 11.6 Å². The number of hydrogen-bond acceptors (Lipinski definition) is 3. The van der Waals surface area contributed by atoms with Gasteiger partial charge in [-0.1, -0.05) is 25.4 Å². The van der Waals surface area contributed by atoms with Gasteiger partial charge in [-0.2, -0.15) is 5.10 Å². The van der Waals surface area contributed by atoms with Crippen LogP contribution in [-0.2, 0) is 24.1 Å². The predicted molar refractivity (Wildman–Crippen MR) is 79.9 cm³/mol. The molecule has 1 aromatic heterocycles. The van der Waals surface area contributed by atoms with Crippen LogP contribution in [0.4, 0.5) is 0 Å². The van der Waals surface area contributed by atoms with Crippen molar-refractivity contribution in [3.8, 4) is 0 Å². The molecule has 1 aromatic rings. The summed E-state index contributed by atoms with van der Waals surface area (Å²) in [6.07, 6.45) is 2.86. The summed E-state index contributed by atoms with van der Waals surface area (Å²) >= 11 is 6.45. The van der Waals surface area contributed by atoms with Crippen LogP contribution in [0, 0.1) is 0 Å². The minimum absolute atomic E-state index is 0.186. The second-order valence-electron chi connectivity index (χ2n) is 4.66. The number of nitrogens with one attached hydrogen (secondary N) is 1. The highest BCUT2D eigenvalue weighted by Gasteiger charge is 2.23. The first-order chi connectivity index (χ1) is 9.12. The van der Waals surface area contributed by atoms with Crippen LogP contribution in [0.5, 0.6) is 0 Å². The highest BCUT2D eigenvalue weighted by atomic mass is 35.5. The van der Waals surface area contributed by atoms with Crippen molar-refractivity contribution in [2.24, 2.45) is 0 Å². The minimum atomic E-state index is 0.186. The van der Waals surface area contributed by atoms with Crippen LogP contribution in [0.3, 0.4) is 0 Å². The number of ether oxygens (including phenoxy) is 1. The van der Waals surface area contributed by atoms with Crippen molar-refractivity contribution in [1.82, 2.24) is 15.1 Å². The molecule has 0 bridgehead atoms. The van der Waals surface area contributed by atoms with E-state index >= 15 is 0 Å². The summed E-state index contributed by atoms with van der Waals surface area (Å²) in [6, 6.07) is 0.249. The van der Waals surface area contributed by atoms with Crippen LogP contribution in [0.25, 0.3) is 0 Å². The summed E-state index contributed by atoms with van der Waals surface area (Å²) in [5.74, 6) is 0. The maximum Gasteiger partial charge on any atom is 0.0850 e. The van der Waals surface area contributed by atoms with E-state index in [2.05, 4.69) is 31.2 Å². The van der Waals surface area contributed by atoms with Gasteiger partial charge in [0.15, 0.2) is 0 Å². The molecule has 19 heavy (non-hydrogen) atoms. The van der Waals surface area contributed by atoms with Gasteiger partial charge in [-0.15, -0.1) is 0 Å². The molecule has 0 aromatic carbocycles. The van der Waals surface area contributed by atoms with Crippen molar-refractivity contribution in [3.63, 3.8) is 0 Å². The lowest BCUT2D eigenvalue weighted by Gasteiger charge is -2.25. The normalized spacial score (nSPS) is 14.6. The molecule has 1 N–H and O–H groups in total. The molecule has 0 saturated carbocycles. The van der Waals surface area contributed by atoms with Crippen molar-refractivity contribution in [1.29, 1.82) is 0 Å². The highest BCUT2D eigenvalue weighted by molar-refractivity contribution is 6.31. The Hall–Kier alpha value is -0.580. The Kier molecular flexibility index (Phi) is 6.83. The summed E-state index contributed by atoms with van der Waals surface area (Å²) in [6.45, 7) is 7.15. The average Bonchev–Trinajstić information content (AvgIpc) is 2.74. The number of likely N-dealkylation sites (N-methyl/N-ethyl adjacent to an activating group) is 1. The quantitative estimate of drug-likeness (QED) is 0.799. The number of aryl methyl sites for hydroxylation is 2. The van der Waals surface area contributed by atoms with Crippen LogP contribution < -0.4 is 5.32 Å². The molecule has 110 valence electrons. The maximum absolute atomic E-state index is 6.45. The third-order valence-electron chi connectivity index (χ3n) is 3.63. The molecule has 1 heterocycles. The SMILES string of the molecule is CCc1nn(CC)c(CC(NC)C(CC)OC)c1Cl. The molecule has 0 fully saturated rings. The molecular weight excluding hydrogens is 262 g/mol. The third-order valence-corrected chi connectivity index (χ3v) is 4.07. The number of halogens is 1. The van der Waals surface area contributed by atoms with Crippen molar-refractivity contribution in [3.05, 3.63) is 16.4 Å². The molecular formula is C14H26ClN3O. The van der Waals surface area contributed by atoms with Crippen LogP contribution in [0.15, 0.2) is 0 Å². The van der Waals surface area contributed by atoms with Crippen molar-refractivity contribution in [2.75, 3.05) is 14.2 Å². The van der Waals surface area contributed by atoms with Crippen molar-refractivity contribution >= 4 is 11.6 Å². The number of hydrogen-bond donors (Lipinski definition) is 1. The number of methoxy groups -OCH3 is 1. The first-order valence-corrected chi connectivity index (χ1v) is 7.44. The number of aromatic nitrogens is 2. The molecule has 0 aliphatic carbocycles. The Morgan fingerprint density at radius 2 is 2.05 bits per heavy atom. The standard InChI is InChI=1S/C14H26ClN3O/c1-6-10-14(15)12(18(8-3)17-10)9-11(16-4)13(7-2)19-5/h11,13,16H,6-9H2,1-5H3. The molecule has 5 heteroatoms. The summed E-state index contributed by atoms with van der Waals surface area (Å²) in [7, 11) is 3.72. The first-order valence-electron chi connectivity index (χ1n) is 7.06. The second-order valence-corrected chi connectivity index (χ2v) is 5.04. The van der Waals surface area contributed by atoms with Gasteiger partial charge in [-0.25, -0.2) is 0 Å². The molecule has 4 nitrogen and oxygen atoms in total. The minimum Gasteiger partial charge on any atom is -0.380 e. The van der Waals surface area contributed by atoms with E-state index in [1.54, 1.807) is 7.11 Å². The van der Waals surface area contributed by atoms with E-state index in [1.807, 2.05) is 11.7 Å². The Bertz CT molecular complexity index is 388. The van der Waals surface area contributed by atoms with Gasteiger partial charge in [-0.05, 0) is 26.8 Å². The molecule has 0 aliphatic heterocycles. The smallest absolute Gasteiger partial charge is 0.0850 e. The highest BCUT2D eigenvalue weighted by Crippen LogP contribution is 2.24. The molecule has 0 saturated heterocycles. The topological polar surface area (TPSA) is 39.1 Å². The molecule has 0 amide bonds. The van der Waals surface area contributed by atoms with E-state index in [4.69, 9.17) is 16.3 Å².